The fraction of sp³-hybridized carbons (Fsp3) is 0.261. The topological polar surface area (TPSA) is 103 Å². The number of imide groups is 1. The van der Waals surface area contributed by atoms with E-state index in [0.29, 0.717) is 17.0 Å². The van der Waals surface area contributed by atoms with Gasteiger partial charge >= 0.3 is 5.97 Å². The fourth-order valence-electron chi connectivity index (χ4n) is 3.48. The summed E-state index contributed by atoms with van der Waals surface area (Å²) in [7, 11) is 0. The van der Waals surface area contributed by atoms with E-state index in [2.05, 4.69) is 10.2 Å². The Bertz CT molecular complexity index is 1090. The molecule has 1 unspecified atom stereocenters. The smallest absolute Gasteiger partial charge is 0.329 e. The minimum absolute atomic E-state index is 0.0509. The molecule has 1 aromatic heterocycles. The van der Waals surface area contributed by atoms with E-state index in [1.54, 1.807) is 24.3 Å². The summed E-state index contributed by atoms with van der Waals surface area (Å²) in [5.41, 5.74) is 1.33. The average Bonchev–Trinajstić information content (AvgIpc) is 3.35. The van der Waals surface area contributed by atoms with Crippen LogP contribution < -0.4 is 0 Å². The Balaban J connectivity index is 1.49. The molecule has 1 aliphatic heterocycles. The van der Waals surface area contributed by atoms with Crippen LogP contribution in [0.25, 0.3) is 11.5 Å². The van der Waals surface area contributed by atoms with Crippen LogP contribution in [0.2, 0.25) is 0 Å². The molecule has 0 N–H and O–H groups in total. The second-order valence-electron chi connectivity index (χ2n) is 7.65. The predicted octanol–water partition coefficient (Wildman–Crippen LogP) is 3.49. The molecule has 2 heterocycles. The van der Waals surface area contributed by atoms with Gasteiger partial charge in [-0.15, -0.1) is 10.2 Å². The number of rotatable bonds is 7. The Morgan fingerprint density at radius 3 is 2.19 bits per heavy atom. The van der Waals surface area contributed by atoms with Crippen molar-refractivity contribution in [1.82, 2.24) is 15.1 Å². The molecule has 3 aromatic rings. The molecule has 158 valence electrons. The summed E-state index contributed by atoms with van der Waals surface area (Å²) in [4.78, 5) is 39.5. The number of aromatic nitrogens is 2. The zero-order chi connectivity index (χ0) is 22.0. The summed E-state index contributed by atoms with van der Waals surface area (Å²) < 4.78 is 10.9. The van der Waals surface area contributed by atoms with Gasteiger partial charge in [0.15, 0.2) is 6.61 Å². The molecule has 1 atom stereocenters. The highest BCUT2D eigenvalue weighted by molar-refractivity contribution is 6.22. The van der Waals surface area contributed by atoms with E-state index in [-0.39, 0.29) is 24.8 Å². The molecular weight excluding hydrogens is 398 g/mol. The molecule has 0 spiro atoms. The number of esters is 1. The van der Waals surface area contributed by atoms with E-state index >= 15 is 0 Å². The van der Waals surface area contributed by atoms with Crippen molar-refractivity contribution in [3.63, 3.8) is 0 Å². The zero-order valence-corrected chi connectivity index (χ0v) is 17.1. The number of ether oxygens (including phenoxy) is 1. The molecule has 31 heavy (non-hydrogen) atoms. The third-order valence-electron chi connectivity index (χ3n) is 4.93. The Hall–Kier alpha value is -3.81. The van der Waals surface area contributed by atoms with Crippen LogP contribution in [0.3, 0.4) is 0 Å². The van der Waals surface area contributed by atoms with Crippen molar-refractivity contribution in [3.05, 3.63) is 71.6 Å². The van der Waals surface area contributed by atoms with Crippen LogP contribution in [-0.4, -0.2) is 38.9 Å². The molecule has 2 aromatic carbocycles. The van der Waals surface area contributed by atoms with Crippen molar-refractivity contribution in [1.29, 1.82) is 0 Å². The van der Waals surface area contributed by atoms with Gasteiger partial charge in [0, 0.05) is 5.56 Å². The minimum Gasteiger partial charge on any atom is -0.454 e. The molecule has 0 saturated carbocycles. The number of benzene rings is 2. The SMILES string of the molecule is CC(C)CC(C(=O)OCc1nnc(-c2ccccc2)o1)N1C(=O)c2ccccc2C1=O. The first kappa shape index (κ1) is 20.5. The number of amides is 2. The Labute approximate surface area is 178 Å². The first-order valence-corrected chi connectivity index (χ1v) is 9.97. The third-order valence-corrected chi connectivity index (χ3v) is 4.93. The highest BCUT2D eigenvalue weighted by Gasteiger charge is 2.43. The first-order chi connectivity index (χ1) is 15.0. The lowest BCUT2D eigenvalue weighted by Crippen LogP contribution is -2.46. The zero-order valence-electron chi connectivity index (χ0n) is 17.1. The lowest BCUT2D eigenvalue weighted by atomic mass is 10.0. The van der Waals surface area contributed by atoms with E-state index < -0.39 is 23.8 Å². The molecular formula is C23H21N3O5. The van der Waals surface area contributed by atoms with Gasteiger partial charge in [0.2, 0.25) is 5.89 Å². The van der Waals surface area contributed by atoms with Crippen molar-refractivity contribution in [3.8, 4) is 11.5 Å². The number of carbonyl (C=O) groups excluding carboxylic acids is 3. The second kappa shape index (κ2) is 8.51. The highest BCUT2D eigenvalue weighted by Crippen LogP contribution is 2.27. The monoisotopic (exact) mass is 419 g/mol. The van der Waals surface area contributed by atoms with Crippen LogP contribution in [0.1, 0.15) is 46.9 Å². The van der Waals surface area contributed by atoms with Gasteiger partial charge in [0.25, 0.3) is 17.7 Å². The van der Waals surface area contributed by atoms with Crippen molar-refractivity contribution in [2.75, 3.05) is 0 Å². The molecule has 4 rings (SSSR count). The standard InChI is InChI=1S/C23H21N3O5/c1-14(2)12-18(26-21(27)16-10-6-7-11-17(16)22(26)28)23(29)30-13-19-24-25-20(31-19)15-8-4-3-5-9-15/h3-11,14,18H,12-13H2,1-2H3. The highest BCUT2D eigenvalue weighted by atomic mass is 16.5. The van der Waals surface area contributed by atoms with Gasteiger partial charge in [-0.1, -0.05) is 44.2 Å². The quantitative estimate of drug-likeness (QED) is 0.427. The third kappa shape index (κ3) is 4.09. The molecule has 8 nitrogen and oxygen atoms in total. The molecule has 0 fully saturated rings. The lowest BCUT2D eigenvalue weighted by Gasteiger charge is -2.25. The number of hydrogen-bond acceptors (Lipinski definition) is 7. The van der Waals surface area contributed by atoms with Crippen LogP contribution >= 0.6 is 0 Å². The number of hydrogen-bond donors (Lipinski definition) is 0. The fourth-order valence-corrected chi connectivity index (χ4v) is 3.48. The van der Waals surface area contributed by atoms with Crippen LogP contribution in [0.5, 0.6) is 0 Å². The summed E-state index contributed by atoms with van der Waals surface area (Å²) in [6, 6.07) is 14.7. The van der Waals surface area contributed by atoms with Crippen LogP contribution in [0.4, 0.5) is 0 Å². The van der Waals surface area contributed by atoms with Gasteiger partial charge in [-0.05, 0) is 36.6 Å². The minimum atomic E-state index is -1.04. The van der Waals surface area contributed by atoms with Gasteiger partial charge in [-0.2, -0.15) is 0 Å². The van der Waals surface area contributed by atoms with E-state index in [1.807, 2.05) is 44.2 Å². The van der Waals surface area contributed by atoms with E-state index in [1.165, 1.54) is 0 Å². The predicted molar refractivity (Wildman–Crippen MR) is 110 cm³/mol. The Kier molecular flexibility index (Phi) is 5.62. The molecule has 2 amide bonds. The lowest BCUT2D eigenvalue weighted by molar-refractivity contribution is -0.151. The molecule has 0 saturated heterocycles. The second-order valence-corrected chi connectivity index (χ2v) is 7.65. The Morgan fingerprint density at radius 1 is 0.968 bits per heavy atom. The normalized spacial score (nSPS) is 14.1. The summed E-state index contributed by atoms with van der Waals surface area (Å²) >= 11 is 0. The number of carbonyl (C=O) groups is 3. The van der Waals surface area contributed by atoms with E-state index in [0.717, 1.165) is 10.5 Å². The summed E-state index contributed by atoms with van der Waals surface area (Å²) in [5, 5.41) is 7.86. The Morgan fingerprint density at radius 2 is 1.58 bits per heavy atom. The van der Waals surface area contributed by atoms with Crippen LogP contribution in [0.15, 0.2) is 59.0 Å². The van der Waals surface area contributed by atoms with Crippen LogP contribution in [-0.2, 0) is 16.1 Å². The van der Waals surface area contributed by atoms with E-state index in [9.17, 15) is 14.4 Å². The van der Waals surface area contributed by atoms with Crippen molar-refractivity contribution < 1.29 is 23.5 Å². The average molecular weight is 419 g/mol. The van der Waals surface area contributed by atoms with Gasteiger partial charge in [0.05, 0.1) is 11.1 Å². The molecule has 0 bridgehead atoms. The first-order valence-electron chi connectivity index (χ1n) is 9.97. The maximum absolute atomic E-state index is 12.9. The number of fused-ring (bicyclic) bond motifs is 1. The van der Waals surface area contributed by atoms with Gasteiger partial charge < -0.3 is 9.15 Å². The van der Waals surface area contributed by atoms with Crippen molar-refractivity contribution >= 4 is 17.8 Å². The van der Waals surface area contributed by atoms with Crippen molar-refractivity contribution in [2.45, 2.75) is 32.9 Å². The molecule has 1 aliphatic rings. The van der Waals surface area contributed by atoms with Crippen molar-refractivity contribution in [2.24, 2.45) is 5.92 Å². The molecule has 8 heteroatoms. The van der Waals surface area contributed by atoms with Gasteiger partial charge in [-0.25, -0.2) is 4.79 Å². The summed E-state index contributed by atoms with van der Waals surface area (Å²) in [6.07, 6.45) is 0.281. The molecule has 0 radical (unpaired) electrons. The summed E-state index contributed by atoms with van der Waals surface area (Å²) in [5.74, 6) is -1.19. The van der Waals surface area contributed by atoms with Crippen LogP contribution in [0, 0.1) is 5.92 Å². The largest absolute Gasteiger partial charge is 0.454 e. The maximum Gasteiger partial charge on any atom is 0.329 e. The maximum atomic E-state index is 12.9. The molecule has 0 aliphatic carbocycles. The van der Waals surface area contributed by atoms with E-state index in [4.69, 9.17) is 9.15 Å². The summed E-state index contributed by atoms with van der Waals surface area (Å²) in [6.45, 7) is 3.56. The number of nitrogens with zero attached hydrogens (tertiary/aromatic N) is 3. The van der Waals surface area contributed by atoms with Gasteiger partial charge in [-0.3, -0.25) is 14.5 Å². The van der Waals surface area contributed by atoms with Gasteiger partial charge in [0.1, 0.15) is 6.04 Å².